The maximum atomic E-state index is 13.5. The molecule has 2 heterocycles. The van der Waals surface area contributed by atoms with E-state index in [2.05, 4.69) is 70.9 Å². The molecule has 1 saturated heterocycles. The van der Waals surface area contributed by atoms with Crippen LogP contribution in [0.1, 0.15) is 47.2 Å². The lowest BCUT2D eigenvalue weighted by Crippen LogP contribution is -2.37. The average Bonchev–Trinajstić information content (AvgIpc) is 3.47. The molecule has 0 spiro atoms. The van der Waals surface area contributed by atoms with Crippen molar-refractivity contribution in [2.75, 3.05) is 19.6 Å². The fourth-order valence-electron chi connectivity index (χ4n) is 5.98. The number of fused-ring (bicyclic) bond motifs is 1. The Hall–Kier alpha value is -4.48. The number of likely N-dealkylation sites (tertiary alicyclic amines) is 1. The van der Waals surface area contributed by atoms with Gasteiger partial charge in [-0.1, -0.05) is 97.1 Å². The van der Waals surface area contributed by atoms with E-state index in [1.54, 1.807) is 25.1 Å². The lowest BCUT2D eigenvalue weighted by molar-refractivity contribution is 0.0938. The van der Waals surface area contributed by atoms with Crippen molar-refractivity contribution in [1.29, 1.82) is 0 Å². The first kappa shape index (κ1) is 26.7. The lowest BCUT2D eigenvalue weighted by atomic mass is 9.88. The van der Waals surface area contributed by atoms with Gasteiger partial charge >= 0.3 is 0 Å². The normalized spacial score (nSPS) is 15.4. The summed E-state index contributed by atoms with van der Waals surface area (Å²) in [7, 11) is 0. The molecule has 0 bridgehead atoms. The number of nitrogens with zero attached hydrogens (tertiary/aromatic N) is 1. The molecular weight excluding hydrogens is 508 g/mol. The van der Waals surface area contributed by atoms with Gasteiger partial charge in [-0.25, -0.2) is 0 Å². The van der Waals surface area contributed by atoms with Gasteiger partial charge in [0.2, 0.25) is 0 Å². The van der Waals surface area contributed by atoms with Crippen molar-refractivity contribution >= 4 is 16.9 Å². The molecule has 1 atom stereocenters. The summed E-state index contributed by atoms with van der Waals surface area (Å²) in [4.78, 5) is 29.2. The van der Waals surface area contributed by atoms with Crippen LogP contribution in [0.2, 0.25) is 0 Å². The summed E-state index contributed by atoms with van der Waals surface area (Å²) >= 11 is 0. The molecule has 1 aliphatic rings. The number of carbonyl (C=O) groups is 1. The van der Waals surface area contributed by atoms with Crippen LogP contribution in [-0.2, 0) is 0 Å². The lowest BCUT2D eigenvalue weighted by Gasteiger charge is -2.22. The van der Waals surface area contributed by atoms with Gasteiger partial charge in [-0.05, 0) is 49.6 Å². The molecule has 41 heavy (non-hydrogen) atoms. The van der Waals surface area contributed by atoms with E-state index >= 15 is 0 Å². The van der Waals surface area contributed by atoms with Gasteiger partial charge in [0, 0.05) is 37.6 Å². The number of nitrogens with one attached hydrogen (secondary N) is 1. The molecule has 5 heteroatoms. The van der Waals surface area contributed by atoms with Crippen LogP contribution in [0, 0.1) is 6.92 Å². The van der Waals surface area contributed by atoms with Crippen LogP contribution in [0.4, 0.5) is 0 Å². The van der Waals surface area contributed by atoms with Gasteiger partial charge < -0.3 is 14.6 Å². The number of hydrogen-bond donors (Lipinski definition) is 1. The summed E-state index contributed by atoms with van der Waals surface area (Å²) in [6.45, 7) is 4.45. The van der Waals surface area contributed by atoms with Crippen LogP contribution >= 0.6 is 0 Å². The van der Waals surface area contributed by atoms with Gasteiger partial charge in [-0.3, -0.25) is 9.59 Å². The molecule has 1 aliphatic heterocycles. The highest BCUT2D eigenvalue weighted by Crippen LogP contribution is 2.30. The van der Waals surface area contributed by atoms with Gasteiger partial charge in [0.25, 0.3) is 5.91 Å². The molecular formula is C36H36N2O3. The van der Waals surface area contributed by atoms with Crippen LogP contribution in [0.25, 0.3) is 22.3 Å². The van der Waals surface area contributed by atoms with Crippen molar-refractivity contribution in [3.8, 4) is 11.3 Å². The van der Waals surface area contributed by atoms with Crippen LogP contribution in [-0.4, -0.2) is 36.5 Å². The molecule has 0 aliphatic carbocycles. The molecule has 208 valence electrons. The summed E-state index contributed by atoms with van der Waals surface area (Å²) in [5, 5.41) is 3.65. The van der Waals surface area contributed by atoms with Crippen molar-refractivity contribution in [2.24, 2.45) is 0 Å². The molecule has 0 radical (unpaired) electrons. The number of para-hydroxylation sites is 1. The van der Waals surface area contributed by atoms with Crippen LogP contribution in [0.15, 0.2) is 118 Å². The monoisotopic (exact) mass is 544 g/mol. The van der Waals surface area contributed by atoms with Gasteiger partial charge in [-0.2, -0.15) is 0 Å². The smallest absolute Gasteiger partial charge is 0.255 e. The average molecular weight is 545 g/mol. The predicted octanol–water partition coefficient (Wildman–Crippen LogP) is 7.04. The zero-order valence-electron chi connectivity index (χ0n) is 23.3. The Morgan fingerprint density at radius 3 is 2.20 bits per heavy atom. The Labute approximate surface area is 241 Å². The van der Waals surface area contributed by atoms with Crippen molar-refractivity contribution < 1.29 is 10.6 Å². The first-order chi connectivity index (χ1) is 20.1. The summed E-state index contributed by atoms with van der Waals surface area (Å²) < 4.78 is 6.28. The Morgan fingerprint density at radius 2 is 1.54 bits per heavy atom. The molecule has 4 aromatic carbocycles. The standard InChI is InChI=1S/C36H34N2O3.H2/c1-25-33(39)31-18-11-19-32(35(31)41-34(25)28-16-9-4-10-17-28)36(40)37-29-20-22-38(24-29)23-21-30(26-12-5-2-6-13-26)27-14-7-3-8-15-27;/h2-19,29-30H,20-24H2,1H3,(H,37,40);1H/t29-;/m1./s1. The third kappa shape index (κ3) is 5.72. The predicted molar refractivity (Wildman–Crippen MR) is 166 cm³/mol. The van der Waals surface area contributed by atoms with Gasteiger partial charge in [0.1, 0.15) is 5.76 Å². The highest BCUT2D eigenvalue weighted by Gasteiger charge is 2.27. The van der Waals surface area contributed by atoms with E-state index in [4.69, 9.17) is 4.42 Å². The molecule has 1 fully saturated rings. The Bertz CT molecular complexity index is 1670. The fraction of sp³-hybridized carbons (Fsp3) is 0.222. The van der Waals surface area contributed by atoms with E-state index in [0.29, 0.717) is 33.8 Å². The summed E-state index contributed by atoms with van der Waals surface area (Å²) in [6, 6.07) is 36.2. The first-order valence-corrected chi connectivity index (χ1v) is 14.3. The Balaban J connectivity index is 0.00000353. The second-order valence-electron chi connectivity index (χ2n) is 10.9. The zero-order valence-corrected chi connectivity index (χ0v) is 23.3. The van der Waals surface area contributed by atoms with Gasteiger partial charge in [-0.15, -0.1) is 0 Å². The highest BCUT2D eigenvalue weighted by atomic mass is 16.3. The molecule has 5 nitrogen and oxygen atoms in total. The molecule has 1 N–H and O–H groups in total. The van der Waals surface area contributed by atoms with E-state index in [0.717, 1.165) is 38.0 Å². The van der Waals surface area contributed by atoms with E-state index in [-0.39, 0.29) is 18.8 Å². The number of amides is 1. The molecule has 1 aromatic heterocycles. The molecule has 0 saturated carbocycles. The third-order valence-electron chi connectivity index (χ3n) is 8.17. The third-order valence-corrected chi connectivity index (χ3v) is 8.17. The van der Waals surface area contributed by atoms with E-state index in [9.17, 15) is 9.59 Å². The first-order valence-electron chi connectivity index (χ1n) is 14.3. The number of rotatable bonds is 8. The van der Waals surface area contributed by atoms with Crippen molar-refractivity contribution in [2.45, 2.75) is 31.7 Å². The van der Waals surface area contributed by atoms with Crippen LogP contribution < -0.4 is 10.7 Å². The Kier molecular flexibility index (Phi) is 7.79. The quantitative estimate of drug-likeness (QED) is 0.228. The van der Waals surface area contributed by atoms with Gasteiger partial charge in [0.15, 0.2) is 11.0 Å². The molecule has 6 rings (SSSR count). The molecule has 5 aromatic rings. The second kappa shape index (κ2) is 11.9. The minimum absolute atomic E-state index is 0. The SMILES string of the molecule is Cc1c(-c2ccccc2)oc2c(C(=O)N[C@@H]3CCN(CCC(c4ccccc4)c4ccccc4)C3)cccc2c1=O.[HH]. The molecule has 0 unspecified atom stereocenters. The minimum Gasteiger partial charge on any atom is -0.455 e. The largest absolute Gasteiger partial charge is 0.455 e. The van der Waals surface area contributed by atoms with E-state index in [1.165, 1.54) is 11.1 Å². The van der Waals surface area contributed by atoms with Crippen LogP contribution in [0.3, 0.4) is 0 Å². The summed E-state index contributed by atoms with van der Waals surface area (Å²) in [5.74, 6) is 0.619. The Morgan fingerprint density at radius 1 is 0.902 bits per heavy atom. The molecule has 1 amide bonds. The summed E-state index contributed by atoms with van der Waals surface area (Å²) in [5.41, 5.74) is 4.62. The number of carbonyl (C=O) groups excluding carboxylic acids is 1. The topological polar surface area (TPSA) is 62.6 Å². The number of hydrogen-bond acceptors (Lipinski definition) is 4. The maximum absolute atomic E-state index is 13.5. The zero-order chi connectivity index (χ0) is 28.2. The highest BCUT2D eigenvalue weighted by molar-refractivity contribution is 6.05. The van der Waals surface area contributed by atoms with Crippen LogP contribution in [0.5, 0.6) is 0 Å². The van der Waals surface area contributed by atoms with Crippen molar-refractivity contribution in [3.63, 3.8) is 0 Å². The number of benzene rings is 4. The maximum Gasteiger partial charge on any atom is 0.255 e. The van der Waals surface area contributed by atoms with Crippen molar-refractivity contribution in [1.82, 2.24) is 10.2 Å². The second-order valence-corrected chi connectivity index (χ2v) is 10.9. The fourth-order valence-corrected chi connectivity index (χ4v) is 5.98. The summed E-state index contributed by atoms with van der Waals surface area (Å²) in [6.07, 6.45) is 1.89. The minimum atomic E-state index is -0.208. The van der Waals surface area contributed by atoms with E-state index in [1.807, 2.05) is 30.3 Å². The van der Waals surface area contributed by atoms with E-state index < -0.39 is 0 Å². The van der Waals surface area contributed by atoms with Crippen molar-refractivity contribution in [3.05, 3.63) is 142 Å². The van der Waals surface area contributed by atoms with Gasteiger partial charge in [0.05, 0.1) is 10.9 Å².